The molecule has 1 atom stereocenters. The van der Waals surface area contributed by atoms with E-state index in [1.165, 1.54) is 5.56 Å². The minimum absolute atomic E-state index is 0.115. The number of carbonyl (C=O) groups is 1. The van der Waals surface area contributed by atoms with Crippen molar-refractivity contribution in [1.29, 1.82) is 0 Å². The number of aromatic nitrogens is 2. The Morgan fingerprint density at radius 2 is 1.85 bits per heavy atom. The van der Waals surface area contributed by atoms with Gasteiger partial charge in [0.15, 0.2) is 5.78 Å². The third-order valence-electron chi connectivity index (χ3n) is 5.50. The summed E-state index contributed by atoms with van der Waals surface area (Å²) in [7, 11) is 0. The Hall–Kier alpha value is -2.72. The smallest absolute Gasteiger partial charge is 0.230 e. The summed E-state index contributed by atoms with van der Waals surface area (Å²) < 4.78 is 0. The molecule has 134 valence electrons. The summed E-state index contributed by atoms with van der Waals surface area (Å²) in [6, 6.07) is 16.1. The summed E-state index contributed by atoms with van der Waals surface area (Å²) >= 11 is 6.00. The zero-order chi connectivity index (χ0) is 18.4. The van der Waals surface area contributed by atoms with Crippen LogP contribution in [0.1, 0.15) is 39.5 Å². The molecular formula is C22H18ClN3O. The second-order valence-corrected chi connectivity index (χ2v) is 7.58. The van der Waals surface area contributed by atoms with Gasteiger partial charge in [0.25, 0.3) is 0 Å². The fourth-order valence-electron chi connectivity index (χ4n) is 4.08. The number of anilines is 2. The van der Waals surface area contributed by atoms with Crippen LogP contribution in [0.5, 0.6) is 0 Å². The largest absolute Gasteiger partial charge is 0.310 e. The second kappa shape index (κ2) is 6.46. The number of fused-ring (bicyclic) bond motifs is 2. The number of carbonyl (C=O) groups excluding carboxylic acids is 1. The molecule has 0 saturated heterocycles. The van der Waals surface area contributed by atoms with Crippen LogP contribution in [0, 0.1) is 0 Å². The predicted molar refractivity (Wildman–Crippen MR) is 106 cm³/mol. The molecule has 0 unspecified atom stereocenters. The number of rotatable bonds is 2. The molecule has 5 rings (SSSR count). The highest BCUT2D eigenvalue weighted by Crippen LogP contribution is 2.35. The van der Waals surface area contributed by atoms with Crippen LogP contribution in [-0.2, 0) is 12.8 Å². The molecule has 4 nitrogen and oxygen atoms in total. The molecule has 27 heavy (non-hydrogen) atoms. The first-order valence-electron chi connectivity index (χ1n) is 9.19. The summed E-state index contributed by atoms with van der Waals surface area (Å²) in [5, 5.41) is 0.707. The molecule has 1 aliphatic carbocycles. The van der Waals surface area contributed by atoms with Gasteiger partial charge in [-0.25, -0.2) is 9.97 Å². The quantitative estimate of drug-likeness (QED) is 0.649. The minimum atomic E-state index is 0.115. The lowest BCUT2D eigenvalue weighted by Gasteiger charge is -2.25. The third kappa shape index (κ3) is 2.90. The average molecular weight is 376 g/mol. The molecule has 0 fully saturated rings. The number of Topliss-reactive ketones (excluding diaryl/α,β-unsaturated/α-hetero) is 1. The van der Waals surface area contributed by atoms with Crippen LogP contribution in [0.4, 0.5) is 11.6 Å². The van der Waals surface area contributed by atoms with E-state index in [1.807, 2.05) is 30.3 Å². The number of hydrogen-bond acceptors (Lipinski definition) is 4. The average Bonchev–Trinajstić information content (AvgIpc) is 3.12. The highest BCUT2D eigenvalue weighted by atomic mass is 35.5. The minimum Gasteiger partial charge on any atom is -0.310 e. The van der Waals surface area contributed by atoms with Crippen molar-refractivity contribution < 1.29 is 4.79 Å². The van der Waals surface area contributed by atoms with E-state index in [0.717, 1.165) is 36.3 Å². The van der Waals surface area contributed by atoms with Crippen molar-refractivity contribution in [2.75, 3.05) is 11.4 Å². The van der Waals surface area contributed by atoms with E-state index >= 15 is 0 Å². The monoisotopic (exact) mass is 375 g/mol. The molecule has 3 aromatic rings. The molecule has 2 aliphatic rings. The van der Waals surface area contributed by atoms with E-state index in [2.05, 4.69) is 28.1 Å². The van der Waals surface area contributed by atoms with E-state index < -0.39 is 0 Å². The van der Waals surface area contributed by atoms with Crippen LogP contribution < -0.4 is 4.90 Å². The molecule has 5 heteroatoms. The lowest BCUT2D eigenvalue weighted by atomic mass is 9.82. The molecule has 1 aliphatic heterocycles. The van der Waals surface area contributed by atoms with Gasteiger partial charge in [0.1, 0.15) is 0 Å². The standard InChI is InChI=1S/C22H18ClN3O/c23-17-7-5-14(6-8-17)16-11-19-18(21(27)12-16)13-24-22(25-19)26-10-9-15-3-1-2-4-20(15)26/h1-8,13,16H,9-12H2/t16-/m0/s1. The predicted octanol–water partition coefficient (Wildman–Crippen LogP) is 4.74. The van der Waals surface area contributed by atoms with Crippen LogP contribution in [0.3, 0.4) is 0 Å². The summed E-state index contributed by atoms with van der Waals surface area (Å²) in [5.74, 6) is 0.934. The van der Waals surface area contributed by atoms with E-state index in [-0.39, 0.29) is 11.7 Å². The molecule has 0 bridgehead atoms. The van der Waals surface area contributed by atoms with Crippen molar-refractivity contribution in [2.45, 2.75) is 25.2 Å². The summed E-state index contributed by atoms with van der Waals surface area (Å²) in [5.41, 5.74) is 5.12. The maximum absolute atomic E-state index is 12.6. The van der Waals surface area contributed by atoms with Gasteiger partial charge in [0.05, 0.1) is 11.3 Å². The van der Waals surface area contributed by atoms with Gasteiger partial charge in [-0.05, 0) is 48.1 Å². The Balaban J connectivity index is 1.49. The fraction of sp³-hybridized carbons (Fsp3) is 0.227. The van der Waals surface area contributed by atoms with Crippen LogP contribution >= 0.6 is 11.6 Å². The first-order valence-corrected chi connectivity index (χ1v) is 9.57. The number of halogens is 1. The van der Waals surface area contributed by atoms with Gasteiger partial charge in [-0.15, -0.1) is 0 Å². The van der Waals surface area contributed by atoms with Crippen LogP contribution in [0.25, 0.3) is 0 Å². The molecule has 0 radical (unpaired) electrons. The molecular weight excluding hydrogens is 358 g/mol. The zero-order valence-corrected chi connectivity index (χ0v) is 15.5. The number of nitrogens with zero attached hydrogens (tertiary/aromatic N) is 3. The Labute approximate surface area is 162 Å². The lowest BCUT2D eigenvalue weighted by Crippen LogP contribution is -2.23. The molecule has 1 aromatic heterocycles. The number of ketones is 1. The maximum Gasteiger partial charge on any atom is 0.230 e. The normalized spacial score (nSPS) is 18.3. The van der Waals surface area contributed by atoms with Gasteiger partial charge in [-0.1, -0.05) is 41.9 Å². The van der Waals surface area contributed by atoms with E-state index in [0.29, 0.717) is 23.0 Å². The molecule has 0 N–H and O–H groups in total. The number of benzene rings is 2. The van der Waals surface area contributed by atoms with Crippen molar-refractivity contribution >= 4 is 29.0 Å². The first-order chi connectivity index (χ1) is 13.2. The highest BCUT2D eigenvalue weighted by Gasteiger charge is 2.30. The van der Waals surface area contributed by atoms with E-state index in [1.54, 1.807) is 6.20 Å². The van der Waals surface area contributed by atoms with Gasteiger partial charge in [0, 0.05) is 29.9 Å². The molecule has 0 amide bonds. The summed E-state index contributed by atoms with van der Waals surface area (Å²) in [6.45, 7) is 0.868. The Bertz CT molecular complexity index is 1030. The van der Waals surface area contributed by atoms with E-state index in [9.17, 15) is 4.79 Å². The van der Waals surface area contributed by atoms with Crippen molar-refractivity contribution in [3.8, 4) is 0 Å². The van der Waals surface area contributed by atoms with Crippen molar-refractivity contribution in [3.05, 3.63) is 82.1 Å². The van der Waals surface area contributed by atoms with Crippen molar-refractivity contribution in [2.24, 2.45) is 0 Å². The molecule has 0 saturated carbocycles. The topological polar surface area (TPSA) is 46.1 Å². The Morgan fingerprint density at radius 3 is 2.70 bits per heavy atom. The lowest BCUT2D eigenvalue weighted by molar-refractivity contribution is 0.0962. The van der Waals surface area contributed by atoms with Gasteiger partial charge in [0.2, 0.25) is 5.95 Å². The SMILES string of the molecule is O=C1C[C@@H](c2ccc(Cl)cc2)Cc2nc(N3CCc4ccccc43)ncc21. The molecule has 0 spiro atoms. The van der Waals surface area contributed by atoms with Crippen LogP contribution in [0.15, 0.2) is 54.7 Å². The second-order valence-electron chi connectivity index (χ2n) is 7.14. The zero-order valence-electron chi connectivity index (χ0n) is 14.7. The molecule has 2 heterocycles. The maximum atomic E-state index is 12.6. The van der Waals surface area contributed by atoms with Crippen molar-refractivity contribution in [3.63, 3.8) is 0 Å². The Morgan fingerprint density at radius 1 is 1.04 bits per heavy atom. The number of hydrogen-bond donors (Lipinski definition) is 0. The molecule has 2 aromatic carbocycles. The number of para-hydroxylation sites is 1. The van der Waals surface area contributed by atoms with Crippen LogP contribution in [0.2, 0.25) is 5.02 Å². The fourth-order valence-corrected chi connectivity index (χ4v) is 4.21. The summed E-state index contributed by atoms with van der Waals surface area (Å²) in [6.07, 6.45) is 3.93. The van der Waals surface area contributed by atoms with Gasteiger partial charge < -0.3 is 4.90 Å². The van der Waals surface area contributed by atoms with Gasteiger partial charge >= 0.3 is 0 Å². The van der Waals surface area contributed by atoms with Crippen LogP contribution in [-0.4, -0.2) is 22.3 Å². The van der Waals surface area contributed by atoms with Gasteiger partial charge in [-0.3, -0.25) is 4.79 Å². The van der Waals surface area contributed by atoms with E-state index in [4.69, 9.17) is 16.6 Å². The summed E-state index contributed by atoms with van der Waals surface area (Å²) in [4.78, 5) is 24.1. The van der Waals surface area contributed by atoms with Crippen molar-refractivity contribution in [1.82, 2.24) is 9.97 Å². The highest BCUT2D eigenvalue weighted by molar-refractivity contribution is 6.30. The first kappa shape index (κ1) is 16.5. The third-order valence-corrected chi connectivity index (χ3v) is 5.75. The van der Waals surface area contributed by atoms with Gasteiger partial charge in [-0.2, -0.15) is 0 Å². The Kier molecular flexibility index (Phi) is 3.94.